The van der Waals surface area contributed by atoms with Crippen molar-refractivity contribution in [3.05, 3.63) is 41.9 Å². The Labute approximate surface area is 117 Å². The van der Waals surface area contributed by atoms with E-state index in [4.69, 9.17) is 5.41 Å². The number of anilines is 1. The molecule has 110 valence electrons. The van der Waals surface area contributed by atoms with Gasteiger partial charge in [0.25, 0.3) is 0 Å². The molecule has 2 aromatic rings. The Hall–Kier alpha value is -2.64. The first-order valence-corrected chi connectivity index (χ1v) is 5.87. The summed E-state index contributed by atoms with van der Waals surface area (Å²) in [6.45, 7) is 0.979. The Balaban J connectivity index is 2.57. The fourth-order valence-corrected chi connectivity index (χ4v) is 1.83. The Morgan fingerprint density at radius 2 is 2.14 bits per heavy atom. The van der Waals surface area contributed by atoms with Crippen LogP contribution in [-0.2, 0) is 4.79 Å². The maximum absolute atomic E-state index is 13.1. The van der Waals surface area contributed by atoms with E-state index in [-0.39, 0.29) is 5.69 Å². The van der Waals surface area contributed by atoms with Crippen LogP contribution in [-0.4, -0.2) is 27.8 Å². The summed E-state index contributed by atoms with van der Waals surface area (Å²) >= 11 is 0. The summed E-state index contributed by atoms with van der Waals surface area (Å²) < 4.78 is 40.8. The molecule has 0 bridgehead atoms. The predicted octanol–water partition coefficient (Wildman–Crippen LogP) is 2.80. The van der Waals surface area contributed by atoms with Gasteiger partial charge in [0.05, 0.1) is 23.0 Å². The van der Waals surface area contributed by atoms with E-state index >= 15 is 0 Å². The van der Waals surface area contributed by atoms with Crippen LogP contribution in [0.5, 0.6) is 0 Å². The third-order valence-corrected chi connectivity index (χ3v) is 2.77. The van der Waals surface area contributed by atoms with Crippen LogP contribution in [0.2, 0.25) is 0 Å². The smallest absolute Gasteiger partial charge is 0.349 e. The lowest BCUT2D eigenvalue weighted by Gasteiger charge is -2.17. The van der Waals surface area contributed by atoms with Crippen LogP contribution in [0.1, 0.15) is 6.92 Å². The normalized spacial score (nSPS) is 13.0. The Kier molecular flexibility index (Phi) is 3.79. The molecule has 2 rings (SSSR count). The van der Waals surface area contributed by atoms with Crippen molar-refractivity contribution in [2.75, 3.05) is 5.32 Å². The zero-order valence-corrected chi connectivity index (χ0v) is 10.9. The number of aromatic nitrogens is 2. The van der Waals surface area contributed by atoms with Gasteiger partial charge in [-0.2, -0.15) is 18.3 Å². The van der Waals surface area contributed by atoms with E-state index in [1.807, 2.05) is 0 Å². The highest BCUT2D eigenvalue weighted by Crippen LogP contribution is 2.30. The predicted molar refractivity (Wildman–Crippen MR) is 71.4 cm³/mol. The van der Waals surface area contributed by atoms with E-state index in [1.165, 1.54) is 28.9 Å². The molecule has 2 aromatic heterocycles. The van der Waals surface area contributed by atoms with E-state index in [9.17, 15) is 18.0 Å². The molecule has 0 aliphatic carbocycles. The number of rotatable bonds is 4. The average molecular weight is 296 g/mol. The fourth-order valence-electron chi connectivity index (χ4n) is 1.83. The molecular formula is C13H11F3N4O. The maximum Gasteiger partial charge on any atom is 0.432 e. The summed E-state index contributed by atoms with van der Waals surface area (Å²) in [5.41, 5.74) is -1.43. The Bertz CT molecular complexity index is 730. The van der Waals surface area contributed by atoms with Crippen molar-refractivity contribution in [3.8, 4) is 0 Å². The number of carbonyl (C=O) groups is 1. The van der Waals surface area contributed by atoms with Crippen LogP contribution in [0.15, 0.2) is 41.9 Å². The molecule has 0 atom stereocenters. The van der Waals surface area contributed by atoms with Crippen molar-refractivity contribution in [2.24, 2.45) is 0 Å². The number of pyridine rings is 1. The lowest BCUT2D eigenvalue weighted by atomic mass is 10.1. The van der Waals surface area contributed by atoms with Gasteiger partial charge in [0.15, 0.2) is 5.78 Å². The van der Waals surface area contributed by atoms with Gasteiger partial charge in [-0.1, -0.05) is 0 Å². The van der Waals surface area contributed by atoms with Gasteiger partial charge in [-0.15, -0.1) is 0 Å². The second kappa shape index (κ2) is 5.39. The molecule has 8 heteroatoms. The van der Waals surface area contributed by atoms with Crippen molar-refractivity contribution in [1.29, 1.82) is 5.41 Å². The van der Waals surface area contributed by atoms with Crippen molar-refractivity contribution < 1.29 is 18.0 Å². The summed E-state index contributed by atoms with van der Waals surface area (Å²) in [5, 5.41) is 13.2. The highest BCUT2D eigenvalue weighted by Gasteiger charge is 2.37. The quantitative estimate of drug-likeness (QED) is 0.673. The molecule has 0 saturated heterocycles. The van der Waals surface area contributed by atoms with Gasteiger partial charge in [-0.05, 0) is 25.1 Å². The second-order valence-electron chi connectivity index (χ2n) is 4.19. The van der Waals surface area contributed by atoms with Crippen LogP contribution in [0, 0.1) is 5.41 Å². The SMILES string of the molecule is CC(=O)/C(C=N)=C(/Nc1cccn2nccc12)C(F)(F)F. The number of allylic oxidation sites excluding steroid dienone is 2. The number of fused-ring (bicyclic) bond motifs is 1. The highest BCUT2D eigenvalue weighted by molar-refractivity contribution is 6.12. The first-order chi connectivity index (χ1) is 9.84. The molecule has 0 amide bonds. The summed E-state index contributed by atoms with van der Waals surface area (Å²) in [6.07, 6.45) is -1.36. The monoisotopic (exact) mass is 296 g/mol. The zero-order chi connectivity index (χ0) is 15.6. The van der Waals surface area contributed by atoms with Gasteiger partial charge in [-0.3, -0.25) is 4.79 Å². The van der Waals surface area contributed by atoms with Crippen molar-refractivity contribution in [3.63, 3.8) is 0 Å². The number of ketones is 1. The number of alkyl halides is 3. The molecule has 21 heavy (non-hydrogen) atoms. The molecule has 0 radical (unpaired) electrons. The lowest BCUT2D eigenvalue weighted by molar-refractivity contribution is -0.114. The standard InChI is InChI=1S/C13H11F3N4O/c1-8(21)9(7-17)12(13(14,15)16)19-10-3-2-6-20-11(10)4-5-18-20/h2-7,17,19H,1H3/b12-9+,17-7?. The summed E-state index contributed by atoms with van der Waals surface area (Å²) in [7, 11) is 0. The van der Waals surface area contributed by atoms with E-state index in [0.29, 0.717) is 11.7 Å². The molecule has 0 aliphatic rings. The van der Waals surface area contributed by atoms with Crippen LogP contribution >= 0.6 is 0 Å². The molecule has 0 fully saturated rings. The first kappa shape index (κ1) is 14.8. The topological polar surface area (TPSA) is 70.2 Å². The first-order valence-electron chi connectivity index (χ1n) is 5.87. The van der Waals surface area contributed by atoms with Crippen molar-refractivity contribution >= 4 is 23.2 Å². The number of halogens is 3. The number of Topliss-reactive ketones (excluding diaryl/α,β-unsaturated/α-hetero) is 1. The van der Waals surface area contributed by atoms with Crippen LogP contribution in [0.25, 0.3) is 5.52 Å². The number of carbonyl (C=O) groups excluding carboxylic acids is 1. The molecule has 0 saturated carbocycles. The minimum atomic E-state index is -4.79. The van der Waals surface area contributed by atoms with Crippen LogP contribution < -0.4 is 5.32 Å². The molecule has 0 aliphatic heterocycles. The zero-order valence-electron chi connectivity index (χ0n) is 10.9. The number of hydrogen-bond acceptors (Lipinski definition) is 4. The Morgan fingerprint density at radius 3 is 2.71 bits per heavy atom. The van der Waals surface area contributed by atoms with Gasteiger partial charge in [-0.25, -0.2) is 4.52 Å². The molecule has 0 unspecified atom stereocenters. The van der Waals surface area contributed by atoms with Gasteiger partial charge in [0.1, 0.15) is 5.70 Å². The van der Waals surface area contributed by atoms with Crippen LogP contribution in [0.3, 0.4) is 0 Å². The average Bonchev–Trinajstić information content (AvgIpc) is 2.86. The number of hydrogen-bond donors (Lipinski definition) is 2. The van der Waals surface area contributed by atoms with Crippen LogP contribution in [0.4, 0.5) is 18.9 Å². The van der Waals surface area contributed by atoms with E-state index in [2.05, 4.69) is 10.4 Å². The highest BCUT2D eigenvalue weighted by atomic mass is 19.4. The third-order valence-electron chi connectivity index (χ3n) is 2.77. The van der Waals surface area contributed by atoms with Gasteiger partial charge < -0.3 is 10.7 Å². The molecule has 2 N–H and O–H groups in total. The molecule has 0 spiro atoms. The van der Waals surface area contributed by atoms with Crippen molar-refractivity contribution in [1.82, 2.24) is 9.61 Å². The third kappa shape index (κ3) is 2.93. The maximum atomic E-state index is 13.1. The largest absolute Gasteiger partial charge is 0.432 e. The summed E-state index contributed by atoms with van der Waals surface area (Å²) in [5.74, 6) is -0.842. The van der Waals surface area contributed by atoms with Gasteiger partial charge in [0, 0.05) is 12.4 Å². The lowest BCUT2D eigenvalue weighted by Crippen LogP contribution is -2.24. The van der Waals surface area contributed by atoms with E-state index in [0.717, 1.165) is 6.92 Å². The number of nitrogens with one attached hydrogen (secondary N) is 2. The Morgan fingerprint density at radius 1 is 1.43 bits per heavy atom. The number of nitrogens with zero attached hydrogens (tertiary/aromatic N) is 2. The van der Waals surface area contributed by atoms with E-state index in [1.54, 1.807) is 6.20 Å². The molecule has 2 heterocycles. The molecular weight excluding hydrogens is 285 g/mol. The molecule has 5 nitrogen and oxygen atoms in total. The minimum Gasteiger partial charge on any atom is -0.349 e. The summed E-state index contributed by atoms with van der Waals surface area (Å²) in [4.78, 5) is 11.3. The van der Waals surface area contributed by atoms with Crippen molar-refractivity contribution in [2.45, 2.75) is 13.1 Å². The van der Waals surface area contributed by atoms with E-state index < -0.39 is 23.2 Å². The van der Waals surface area contributed by atoms with Gasteiger partial charge in [0.2, 0.25) is 0 Å². The fraction of sp³-hybridized carbons (Fsp3) is 0.154. The second-order valence-corrected chi connectivity index (χ2v) is 4.19. The van der Waals surface area contributed by atoms with Gasteiger partial charge >= 0.3 is 6.18 Å². The molecule has 0 aromatic carbocycles. The summed E-state index contributed by atoms with van der Waals surface area (Å²) in [6, 6.07) is 4.49. The minimum absolute atomic E-state index is 0.142.